The summed E-state index contributed by atoms with van der Waals surface area (Å²) in [7, 11) is 0. The molecule has 3 nitrogen and oxygen atoms in total. The molecule has 1 saturated carbocycles. The van der Waals surface area contributed by atoms with Crippen molar-refractivity contribution in [3.8, 4) is 0 Å². The fourth-order valence-electron chi connectivity index (χ4n) is 2.55. The molecule has 0 aromatic carbocycles. The number of ether oxygens (including phenoxy) is 1. The van der Waals surface area contributed by atoms with Crippen molar-refractivity contribution in [2.75, 3.05) is 13.2 Å². The molecule has 1 fully saturated rings. The summed E-state index contributed by atoms with van der Waals surface area (Å²) in [5.74, 6) is 0.598. The lowest BCUT2D eigenvalue weighted by molar-refractivity contribution is -0.165. The zero-order valence-electron chi connectivity index (χ0n) is 10.1. The van der Waals surface area contributed by atoms with Crippen molar-refractivity contribution < 1.29 is 9.53 Å². The van der Waals surface area contributed by atoms with Crippen LogP contribution < -0.4 is 5.73 Å². The number of rotatable bonds is 5. The van der Waals surface area contributed by atoms with Crippen molar-refractivity contribution in [2.45, 2.75) is 40.0 Å². The Balaban J connectivity index is 2.86. The maximum Gasteiger partial charge on any atom is 0.313 e. The van der Waals surface area contributed by atoms with Crippen LogP contribution >= 0.6 is 0 Å². The Morgan fingerprint density at radius 1 is 1.53 bits per heavy atom. The summed E-state index contributed by atoms with van der Waals surface area (Å²) >= 11 is 0. The molecule has 0 heterocycles. The molecule has 1 atom stereocenters. The summed E-state index contributed by atoms with van der Waals surface area (Å²) in [6.07, 6.45) is 3.46. The molecule has 1 aliphatic carbocycles. The van der Waals surface area contributed by atoms with E-state index in [1.54, 1.807) is 0 Å². The van der Waals surface area contributed by atoms with Crippen molar-refractivity contribution >= 4 is 5.97 Å². The first-order valence-electron chi connectivity index (χ1n) is 5.96. The van der Waals surface area contributed by atoms with Crippen LogP contribution in [0.25, 0.3) is 0 Å². The van der Waals surface area contributed by atoms with Gasteiger partial charge in [-0.25, -0.2) is 0 Å². The number of esters is 1. The van der Waals surface area contributed by atoms with Gasteiger partial charge in [-0.3, -0.25) is 4.79 Å². The predicted molar refractivity (Wildman–Crippen MR) is 60.3 cm³/mol. The summed E-state index contributed by atoms with van der Waals surface area (Å²) in [5.41, 5.74) is 5.41. The quantitative estimate of drug-likeness (QED) is 0.710. The summed E-state index contributed by atoms with van der Waals surface area (Å²) in [4.78, 5) is 12.1. The number of nitrogens with two attached hydrogens (primary N) is 1. The van der Waals surface area contributed by atoms with E-state index in [4.69, 9.17) is 10.5 Å². The lowest BCUT2D eigenvalue weighted by Gasteiger charge is -2.45. The van der Waals surface area contributed by atoms with Crippen LogP contribution in [-0.2, 0) is 9.53 Å². The van der Waals surface area contributed by atoms with Gasteiger partial charge in [-0.15, -0.1) is 0 Å². The van der Waals surface area contributed by atoms with Crippen LogP contribution in [0.3, 0.4) is 0 Å². The van der Waals surface area contributed by atoms with Gasteiger partial charge in [0.1, 0.15) is 0 Å². The summed E-state index contributed by atoms with van der Waals surface area (Å²) in [5, 5.41) is 0. The Kier molecular flexibility index (Phi) is 4.14. The molecule has 0 radical (unpaired) electrons. The standard InChI is InChI=1S/C12H23NO2/c1-4-15-11(14)12(8-13,9(2)3)10-6-5-7-10/h9-10H,4-8,13H2,1-3H3. The maximum absolute atomic E-state index is 12.1. The van der Waals surface area contributed by atoms with Gasteiger partial charge >= 0.3 is 5.97 Å². The molecule has 2 N–H and O–H groups in total. The molecular weight excluding hydrogens is 190 g/mol. The zero-order chi connectivity index (χ0) is 11.5. The van der Waals surface area contributed by atoms with Gasteiger partial charge in [-0.1, -0.05) is 20.3 Å². The molecule has 0 spiro atoms. The molecule has 0 bridgehead atoms. The fourth-order valence-corrected chi connectivity index (χ4v) is 2.55. The number of hydrogen-bond donors (Lipinski definition) is 1. The van der Waals surface area contributed by atoms with E-state index in [0.29, 0.717) is 19.1 Å². The van der Waals surface area contributed by atoms with Gasteiger partial charge < -0.3 is 10.5 Å². The molecule has 1 rings (SSSR count). The van der Waals surface area contributed by atoms with Crippen LogP contribution in [0.4, 0.5) is 0 Å². The highest BCUT2D eigenvalue weighted by atomic mass is 16.5. The van der Waals surface area contributed by atoms with Gasteiger partial charge in [-0.2, -0.15) is 0 Å². The van der Waals surface area contributed by atoms with Gasteiger partial charge in [0.05, 0.1) is 12.0 Å². The van der Waals surface area contributed by atoms with E-state index in [0.717, 1.165) is 12.8 Å². The van der Waals surface area contributed by atoms with E-state index in [1.807, 2.05) is 6.92 Å². The lowest BCUT2D eigenvalue weighted by atomic mass is 9.60. The van der Waals surface area contributed by atoms with Crippen molar-refractivity contribution in [2.24, 2.45) is 23.0 Å². The monoisotopic (exact) mass is 213 g/mol. The predicted octanol–water partition coefficient (Wildman–Crippen LogP) is 1.95. The smallest absolute Gasteiger partial charge is 0.313 e. The highest BCUT2D eigenvalue weighted by Crippen LogP contribution is 2.47. The number of carbonyl (C=O) groups excluding carboxylic acids is 1. The summed E-state index contributed by atoms with van der Waals surface area (Å²) < 4.78 is 5.20. The molecule has 0 saturated heterocycles. The first-order valence-corrected chi connectivity index (χ1v) is 5.96. The maximum atomic E-state index is 12.1. The second-order valence-electron chi connectivity index (χ2n) is 4.75. The second kappa shape index (κ2) is 4.97. The summed E-state index contributed by atoms with van der Waals surface area (Å²) in [6.45, 7) is 6.85. The second-order valence-corrected chi connectivity index (χ2v) is 4.75. The Labute approximate surface area is 92.4 Å². The van der Waals surface area contributed by atoms with E-state index in [9.17, 15) is 4.79 Å². The van der Waals surface area contributed by atoms with Crippen LogP contribution in [-0.4, -0.2) is 19.1 Å². The van der Waals surface area contributed by atoms with Gasteiger partial charge in [0, 0.05) is 6.54 Å². The van der Waals surface area contributed by atoms with E-state index in [-0.39, 0.29) is 11.9 Å². The molecular formula is C12H23NO2. The fraction of sp³-hybridized carbons (Fsp3) is 0.917. The largest absolute Gasteiger partial charge is 0.466 e. The Bertz CT molecular complexity index is 224. The summed E-state index contributed by atoms with van der Waals surface area (Å²) in [6, 6.07) is 0. The van der Waals surface area contributed by atoms with Crippen LogP contribution in [0.15, 0.2) is 0 Å². The zero-order valence-corrected chi connectivity index (χ0v) is 10.1. The van der Waals surface area contributed by atoms with Gasteiger partial charge in [0.15, 0.2) is 0 Å². The molecule has 1 unspecified atom stereocenters. The molecule has 1 aliphatic rings. The Morgan fingerprint density at radius 2 is 2.13 bits per heavy atom. The van der Waals surface area contributed by atoms with E-state index < -0.39 is 5.41 Å². The minimum absolute atomic E-state index is 0.0906. The normalized spacial score (nSPS) is 20.9. The van der Waals surface area contributed by atoms with E-state index in [2.05, 4.69) is 13.8 Å². The van der Waals surface area contributed by atoms with Crippen molar-refractivity contribution in [1.29, 1.82) is 0 Å². The Hall–Kier alpha value is -0.570. The molecule has 0 aliphatic heterocycles. The third-order valence-electron chi connectivity index (χ3n) is 3.86. The average molecular weight is 213 g/mol. The minimum Gasteiger partial charge on any atom is -0.466 e. The van der Waals surface area contributed by atoms with E-state index in [1.165, 1.54) is 6.42 Å². The number of carbonyl (C=O) groups is 1. The average Bonchev–Trinajstić information content (AvgIpc) is 2.10. The van der Waals surface area contributed by atoms with Gasteiger partial charge in [0.2, 0.25) is 0 Å². The van der Waals surface area contributed by atoms with Crippen molar-refractivity contribution in [1.82, 2.24) is 0 Å². The molecule has 0 aromatic rings. The van der Waals surface area contributed by atoms with Crippen LogP contribution in [0.5, 0.6) is 0 Å². The van der Waals surface area contributed by atoms with Crippen LogP contribution in [0.1, 0.15) is 40.0 Å². The molecule has 0 aromatic heterocycles. The van der Waals surface area contributed by atoms with Gasteiger partial charge in [0.25, 0.3) is 0 Å². The van der Waals surface area contributed by atoms with Crippen LogP contribution in [0, 0.1) is 17.3 Å². The highest BCUT2D eigenvalue weighted by Gasteiger charge is 2.50. The third kappa shape index (κ3) is 2.03. The van der Waals surface area contributed by atoms with Crippen molar-refractivity contribution in [3.05, 3.63) is 0 Å². The van der Waals surface area contributed by atoms with Gasteiger partial charge in [-0.05, 0) is 31.6 Å². The first kappa shape index (κ1) is 12.5. The molecule has 88 valence electrons. The SMILES string of the molecule is CCOC(=O)C(CN)(C(C)C)C1CCC1. The van der Waals surface area contributed by atoms with Crippen molar-refractivity contribution in [3.63, 3.8) is 0 Å². The third-order valence-corrected chi connectivity index (χ3v) is 3.86. The number of hydrogen-bond acceptors (Lipinski definition) is 3. The van der Waals surface area contributed by atoms with Crippen LogP contribution in [0.2, 0.25) is 0 Å². The molecule has 3 heteroatoms. The van der Waals surface area contributed by atoms with E-state index >= 15 is 0 Å². The minimum atomic E-state index is -0.436. The lowest BCUT2D eigenvalue weighted by Crippen LogP contribution is -2.52. The highest BCUT2D eigenvalue weighted by molar-refractivity contribution is 5.78. The Morgan fingerprint density at radius 3 is 2.40 bits per heavy atom. The molecule has 0 amide bonds. The first-order chi connectivity index (χ1) is 7.09. The molecule has 15 heavy (non-hydrogen) atoms. The topological polar surface area (TPSA) is 52.3 Å².